The summed E-state index contributed by atoms with van der Waals surface area (Å²) in [5, 5.41) is 13.5. The van der Waals surface area contributed by atoms with Crippen LogP contribution in [0.2, 0.25) is 0 Å². The predicted octanol–water partition coefficient (Wildman–Crippen LogP) is 0.239. The van der Waals surface area contributed by atoms with Gasteiger partial charge in [0, 0.05) is 32.7 Å². The molecule has 2 fully saturated rings. The Morgan fingerprint density at radius 3 is 2.42 bits per heavy atom. The summed E-state index contributed by atoms with van der Waals surface area (Å²) in [6, 6.07) is 0. The molecule has 1 heterocycles. The summed E-state index contributed by atoms with van der Waals surface area (Å²) < 4.78 is 31.8. The van der Waals surface area contributed by atoms with E-state index in [2.05, 4.69) is 15.2 Å². The van der Waals surface area contributed by atoms with Crippen LogP contribution >= 0.6 is 0 Å². The largest absolute Gasteiger partial charge is 0.388 e. The van der Waals surface area contributed by atoms with E-state index < -0.39 is 15.6 Å². The Bertz CT molecular complexity index is 567. The van der Waals surface area contributed by atoms with E-state index in [0.717, 1.165) is 31.8 Å². The number of hydrogen-bond donors (Lipinski definition) is 2. The highest BCUT2D eigenvalue weighted by molar-refractivity contribution is 7.89. The second-order valence-corrected chi connectivity index (χ2v) is 9.46. The van der Waals surface area contributed by atoms with Crippen LogP contribution in [-0.4, -0.2) is 92.0 Å². The minimum atomic E-state index is -3.29. The van der Waals surface area contributed by atoms with Crippen molar-refractivity contribution < 1.29 is 18.3 Å². The number of nitrogens with one attached hydrogen (secondary N) is 1. The minimum Gasteiger partial charge on any atom is -0.388 e. The van der Waals surface area contributed by atoms with Crippen LogP contribution in [-0.2, 0) is 14.8 Å². The van der Waals surface area contributed by atoms with Gasteiger partial charge in [-0.05, 0) is 40.0 Å². The maximum absolute atomic E-state index is 12.4. The lowest BCUT2D eigenvalue weighted by Gasteiger charge is -2.38. The summed E-state index contributed by atoms with van der Waals surface area (Å²) in [6.45, 7) is 9.23. The number of hydrogen-bond acceptors (Lipinski definition) is 5. The summed E-state index contributed by atoms with van der Waals surface area (Å²) >= 11 is 0. The first-order chi connectivity index (χ1) is 12.3. The molecule has 152 valence electrons. The van der Waals surface area contributed by atoms with Gasteiger partial charge in [-0.25, -0.2) is 8.42 Å². The van der Waals surface area contributed by atoms with Gasteiger partial charge >= 0.3 is 0 Å². The molecule has 0 bridgehead atoms. The number of aliphatic imine (C=N–C) groups is 1. The van der Waals surface area contributed by atoms with Gasteiger partial charge in [0.05, 0.1) is 30.6 Å². The number of aliphatic hydroxyl groups is 1. The molecule has 0 aromatic heterocycles. The van der Waals surface area contributed by atoms with Crippen LogP contribution in [0.15, 0.2) is 4.99 Å². The maximum atomic E-state index is 12.4. The highest BCUT2D eigenvalue weighted by atomic mass is 32.2. The van der Waals surface area contributed by atoms with Gasteiger partial charge in [-0.1, -0.05) is 0 Å². The molecule has 1 saturated carbocycles. The van der Waals surface area contributed by atoms with Crippen LogP contribution in [0.25, 0.3) is 0 Å². The zero-order chi connectivity index (χ0) is 19.2. The van der Waals surface area contributed by atoms with Crippen molar-refractivity contribution in [1.29, 1.82) is 0 Å². The van der Waals surface area contributed by atoms with Gasteiger partial charge in [-0.2, -0.15) is 4.31 Å². The van der Waals surface area contributed by atoms with Gasteiger partial charge in [-0.15, -0.1) is 0 Å². The summed E-state index contributed by atoms with van der Waals surface area (Å²) in [4.78, 5) is 6.65. The second-order valence-electron chi connectivity index (χ2n) is 7.37. The fraction of sp³-hybridized carbons (Fsp3) is 0.941. The molecule has 26 heavy (non-hydrogen) atoms. The van der Waals surface area contributed by atoms with E-state index in [4.69, 9.17) is 4.74 Å². The standard InChI is InChI=1S/C17H34N4O4S/c1-4-18-16(19-14-17(22)6-5-7-17)20-8-10-21(11-9-20)26(23,24)13-12-25-15(2)3/h15,22H,4-14H2,1-3H3,(H,18,19). The molecule has 0 amide bonds. The summed E-state index contributed by atoms with van der Waals surface area (Å²) in [5.41, 5.74) is -0.651. The first-order valence-corrected chi connectivity index (χ1v) is 11.2. The maximum Gasteiger partial charge on any atom is 0.216 e. The van der Waals surface area contributed by atoms with Crippen molar-refractivity contribution in [2.24, 2.45) is 4.99 Å². The van der Waals surface area contributed by atoms with Crippen LogP contribution in [0.4, 0.5) is 0 Å². The quantitative estimate of drug-likeness (QED) is 0.455. The number of piperazine rings is 1. The number of ether oxygens (including phenoxy) is 1. The van der Waals surface area contributed by atoms with Gasteiger partial charge in [0.1, 0.15) is 0 Å². The molecule has 8 nitrogen and oxygen atoms in total. The second kappa shape index (κ2) is 9.34. The fourth-order valence-corrected chi connectivity index (χ4v) is 4.37. The van der Waals surface area contributed by atoms with Crippen LogP contribution in [0.3, 0.4) is 0 Å². The molecule has 2 aliphatic rings. The van der Waals surface area contributed by atoms with Crippen molar-refractivity contribution in [1.82, 2.24) is 14.5 Å². The van der Waals surface area contributed by atoms with Crippen molar-refractivity contribution in [3.05, 3.63) is 0 Å². The van der Waals surface area contributed by atoms with E-state index in [9.17, 15) is 13.5 Å². The number of nitrogens with zero attached hydrogens (tertiary/aromatic N) is 3. The van der Waals surface area contributed by atoms with Gasteiger partial charge in [-0.3, -0.25) is 4.99 Å². The third-order valence-electron chi connectivity index (χ3n) is 4.87. The average molecular weight is 391 g/mol. The van der Waals surface area contributed by atoms with E-state index in [0.29, 0.717) is 32.7 Å². The molecular formula is C17H34N4O4S. The van der Waals surface area contributed by atoms with Crippen molar-refractivity contribution in [2.45, 2.75) is 51.7 Å². The third-order valence-corrected chi connectivity index (χ3v) is 6.70. The molecule has 0 aromatic rings. The Hall–Kier alpha value is -0.900. The smallest absolute Gasteiger partial charge is 0.216 e. The van der Waals surface area contributed by atoms with Crippen molar-refractivity contribution >= 4 is 16.0 Å². The average Bonchev–Trinajstić information content (AvgIpc) is 2.56. The first kappa shape index (κ1) is 21.4. The molecule has 1 aliphatic heterocycles. The summed E-state index contributed by atoms with van der Waals surface area (Å²) in [7, 11) is -3.29. The molecule has 0 aromatic carbocycles. The van der Waals surface area contributed by atoms with E-state index in [1.54, 1.807) is 0 Å². The summed E-state index contributed by atoms with van der Waals surface area (Å²) in [5.74, 6) is 0.778. The molecule has 2 N–H and O–H groups in total. The molecule has 9 heteroatoms. The molecule has 0 unspecified atom stereocenters. The van der Waals surface area contributed by atoms with Crippen molar-refractivity contribution in [3.63, 3.8) is 0 Å². The number of rotatable bonds is 8. The lowest BCUT2D eigenvalue weighted by molar-refractivity contribution is -0.0238. The molecular weight excluding hydrogens is 356 g/mol. The van der Waals surface area contributed by atoms with Crippen molar-refractivity contribution in [2.75, 3.05) is 51.6 Å². The Balaban J connectivity index is 1.87. The molecule has 0 atom stereocenters. The van der Waals surface area contributed by atoms with E-state index >= 15 is 0 Å². The highest BCUT2D eigenvalue weighted by Crippen LogP contribution is 2.31. The lowest BCUT2D eigenvalue weighted by Crippen LogP contribution is -2.54. The van der Waals surface area contributed by atoms with Gasteiger partial charge in [0.25, 0.3) is 0 Å². The Kier molecular flexibility index (Phi) is 7.69. The molecule has 1 aliphatic carbocycles. The zero-order valence-electron chi connectivity index (χ0n) is 16.3. The summed E-state index contributed by atoms with van der Waals surface area (Å²) in [6.07, 6.45) is 2.70. The van der Waals surface area contributed by atoms with Crippen LogP contribution in [0.5, 0.6) is 0 Å². The van der Waals surface area contributed by atoms with E-state index in [1.807, 2.05) is 20.8 Å². The van der Waals surface area contributed by atoms with Crippen LogP contribution < -0.4 is 5.32 Å². The van der Waals surface area contributed by atoms with Gasteiger partial charge in [0.15, 0.2) is 5.96 Å². The SMILES string of the molecule is CCNC(=NCC1(O)CCC1)N1CCN(S(=O)(=O)CCOC(C)C)CC1. The Morgan fingerprint density at radius 1 is 1.27 bits per heavy atom. The number of guanidine groups is 1. The zero-order valence-corrected chi connectivity index (χ0v) is 17.1. The highest BCUT2D eigenvalue weighted by Gasteiger charge is 2.34. The van der Waals surface area contributed by atoms with Crippen LogP contribution in [0, 0.1) is 0 Å². The normalized spacial score (nSPS) is 21.7. The molecule has 1 saturated heterocycles. The fourth-order valence-electron chi connectivity index (χ4n) is 3.09. The minimum absolute atomic E-state index is 0.0202. The topological polar surface area (TPSA) is 94.5 Å². The lowest BCUT2D eigenvalue weighted by atomic mass is 9.80. The van der Waals surface area contributed by atoms with Gasteiger partial charge in [0.2, 0.25) is 10.0 Å². The molecule has 0 spiro atoms. The number of sulfonamides is 1. The van der Waals surface area contributed by atoms with Crippen molar-refractivity contribution in [3.8, 4) is 0 Å². The first-order valence-electron chi connectivity index (χ1n) is 9.61. The third kappa shape index (κ3) is 6.07. The molecule has 0 radical (unpaired) electrons. The van der Waals surface area contributed by atoms with E-state index in [1.165, 1.54) is 4.31 Å². The Labute approximate surface area is 157 Å². The molecule has 2 rings (SSSR count). The monoisotopic (exact) mass is 390 g/mol. The van der Waals surface area contributed by atoms with E-state index in [-0.39, 0.29) is 18.5 Å². The Morgan fingerprint density at radius 2 is 1.92 bits per heavy atom. The van der Waals surface area contributed by atoms with Crippen LogP contribution in [0.1, 0.15) is 40.0 Å². The van der Waals surface area contributed by atoms with Gasteiger partial charge < -0.3 is 20.1 Å². The predicted molar refractivity (Wildman–Crippen MR) is 103 cm³/mol.